The van der Waals surface area contributed by atoms with Crippen molar-refractivity contribution in [1.29, 1.82) is 0 Å². The summed E-state index contributed by atoms with van der Waals surface area (Å²) in [7, 11) is 0. The van der Waals surface area contributed by atoms with E-state index in [1.807, 2.05) is 20.0 Å². The van der Waals surface area contributed by atoms with Gasteiger partial charge in [0, 0.05) is 49.6 Å². The minimum atomic E-state index is -0.438. The van der Waals surface area contributed by atoms with Crippen LogP contribution in [-0.4, -0.2) is 56.1 Å². The number of nitrogens with one attached hydrogen (secondary N) is 1. The second-order valence-electron chi connectivity index (χ2n) is 9.41. The molecule has 4 rings (SSSR count). The van der Waals surface area contributed by atoms with Gasteiger partial charge < -0.3 is 14.6 Å². The zero-order valence-electron chi connectivity index (χ0n) is 19.1. The first kappa shape index (κ1) is 23.3. The van der Waals surface area contributed by atoms with E-state index in [-0.39, 0.29) is 23.1 Å². The predicted octanol–water partition coefficient (Wildman–Crippen LogP) is 3.88. The Balaban J connectivity index is 1.29. The fraction of sp³-hybridized carbons (Fsp3) is 0.522. The summed E-state index contributed by atoms with van der Waals surface area (Å²) in [4.78, 5) is 51.8. The summed E-state index contributed by atoms with van der Waals surface area (Å²) >= 11 is 1.72. The standard InChI is InChI=1S/C23H29N5O4S/c1-15(33-21-24-8-9-25-21)16-6-10-27(11-7-16)22(31)32-18-5-4-17(14-26-18)28-19(29)12-23(2,3)13-20(28)30/h4-5,8-9,14-16H,6-7,10-13H2,1-3H3,(H,24,25). The van der Waals surface area contributed by atoms with Gasteiger partial charge in [-0.2, -0.15) is 0 Å². The number of hydrogen-bond acceptors (Lipinski definition) is 7. The molecule has 1 N–H and O–H groups in total. The normalized spacial score (nSPS) is 20.1. The maximum absolute atomic E-state index is 12.6. The third-order valence-electron chi connectivity index (χ3n) is 6.16. The Hall–Kier alpha value is -2.88. The van der Waals surface area contributed by atoms with Gasteiger partial charge in [-0.25, -0.2) is 19.7 Å². The molecule has 4 heterocycles. The number of imide groups is 1. The fourth-order valence-electron chi connectivity index (χ4n) is 4.32. The highest BCUT2D eigenvalue weighted by molar-refractivity contribution is 7.99. The van der Waals surface area contributed by atoms with E-state index in [1.54, 1.807) is 28.9 Å². The highest BCUT2D eigenvalue weighted by Gasteiger charge is 2.38. The van der Waals surface area contributed by atoms with Crippen molar-refractivity contribution in [2.24, 2.45) is 11.3 Å². The summed E-state index contributed by atoms with van der Waals surface area (Å²) in [6.45, 7) is 7.25. The molecule has 0 spiro atoms. The number of thioether (sulfide) groups is 1. The molecule has 2 aromatic rings. The number of carbonyl (C=O) groups excluding carboxylic acids is 3. The van der Waals surface area contributed by atoms with Crippen LogP contribution in [0, 0.1) is 11.3 Å². The zero-order valence-corrected chi connectivity index (χ0v) is 19.9. The Kier molecular flexibility index (Phi) is 6.73. The molecule has 33 heavy (non-hydrogen) atoms. The molecule has 0 saturated carbocycles. The highest BCUT2D eigenvalue weighted by atomic mass is 32.2. The van der Waals surface area contributed by atoms with Crippen LogP contribution in [0.3, 0.4) is 0 Å². The predicted molar refractivity (Wildman–Crippen MR) is 124 cm³/mol. The third kappa shape index (κ3) is 5.55. The van der Waals surface area contributed by atoms with Crippen molar-refractivity contribution in [2.75, 3.05) is 18.0 Å². The van der Waals surface area contributed by atoms with Gasteiger partial charge in [0.15, 0.2) is 5.16 Å². The number of amides is 3. The van der Waals surface area contributed by atoms with E-state index in [1.165, 1.54) is 12.3 Å². The largest absolute Gasteiger partial charge is 0.416 e. The highest BCUT2D eigenvalue weighted by Crippen LogP contribution is 2.34. The Morgan fingerprint density at radius 2 is 1.88 bits per heavy atom. The number of nitrogens with zero attached hydrogens (tertiary/aromatic N) is 4. The molecular formula is C23H29N5O4S. The van der Waals surface area contributed by atoms with Crippen LogP contribution in [0.15, 0.2) is 35.9 Å². The van der Waals surface area contributed by atoms with Crippen molar-refractivity contribution in [3.8, 4) is 5.88 Å². The number of imidazole rings is 1. The maximum Gasteiger partial charge on any atom is 0.416 e. The summed E-state index contributed by atoms with van der Waals surface area (Å²) in [5, 5.41) is 1.31. The number of anilines is 1. The van der Waals surface area contributed by atoms with Crippen LogP contribution in [0.4, 0.5) is 10.5 Å². The molecule has 3 amide bonds. The molecule has 1 atom stereocenters. The quantitative estimate of drug-likeness (QED) is 0.521. The van der Waals surface area contributed by atoms with Gasteiger partial charge in [0.1, 0.15) is 0 Å². The second-order valence-corrected chi connectivity index (χ2v) is 10.8. The van der Waals surface area contributed by atoms with E-state index in [9.17, 15) is 14.4 Å². The molecule has 0 radical (unpaired) electrons. The first-order valence-corrected chi connectivity index (χ1v) is 12.0. The van der Waals surface area contributed by atoms with Gasteiger partial charge in [-0.15, -0.1) is 0 Å². The van der Waals surface area contributed by atoms with E-state index in [0.29, 0.717) is 42.8 Å². The van der Waals surface area contributed by atoms with Crippen molar-refractivity contribution >= 4 is 35.4 Å². The molecule has 2 saturated heterocycles. The van der Waals surface area contributed by atoms with Gasteiger partial charge >= 0.3 is 6.09 Å². The Bertz CT molecular complexity index is 980. The number of ether oxygens (including phenoxy) is 1. The van der Waals surface area contributed by atoms with Crippen LogP contribution >= 0.6 is 11.8 Å². The average Bonchev–Trinajstić information content (AvgIpc) is 3.26. The van der Waals surface area contributed by atoms with Gasteiger partial charge in [0.2, 0.25) is 17.7 Å². The maximum atomic E-state index is 12.6. The summed E-state index contributed by atoms with van der Waals surface area (Å²) in [5.41, 5.74) is 0.0557. The minimum Gasteiger partial charge on any atom is -0.391 e. The Labute approximate surface area is 197 Å². The van der Waals surface area contributed by atoms with Gasteiger partial charge in [0.05, 0.1) is 11.9 Å². The van der Waals surface area contributed by atoms with Crippen LogP contribution in [0.25, 0.3) is 0 Å². The number of carbonyl (C=O) groups is 3. The van der Waals surface area contributed by atoms with Crippen LogP contribution in [0.1, 0.15) is 46.5 Å². The number of hydrogen-bond donors (Lipinski definition) is 1. The number of aromatic amines is 1. The number of aromatic nitrogens is 3. The summed E-state index contributed by atoms with van der Waals surface area (Å²) in [6.07, 6.45) is 6.91. The molecule has 1 unspecified atom stereocenters. The lowest BCUT2D eigenvalue weighted by atomic mass is 9.81. The lowest BCUT2D eigenvalue weighted by Gasteiger charge is -2.34. The second kappa shape index (κ2) is 9.54. The summed E-state index contributed by atoms with van der Waals surface area (Å²) < 4.78 is 5.43. The average molecular weight is 472 g/mol. The molecule has 2 fully saturated rings. The Morgan fingerprint density at radius 1 is 1.18 bits per heavy atom. The molecule has 10 heteroatoms. The number of rotatable bonds is 5. The summed E-state index contributed by atoms with van der Waals surface area (Å²) in [5.74, 6) is 0.145. The molecule has 0 bridgehead atoms. The van der Waals surface area contributed by atoms with Crippen molar-refractivity contribution < 1.29 is 19.1 Å². The Morgan fingerprint density at radius 3 is 2.45 bits per heavy atom. The molecule has 2 aromatic heterocycles. The van der Waals surface area contributed by atoms with Crippen molar-refractivity contribution in [1.82, 2.24) is 19.9 Å². The number of H-pyrrole nitrogens is 1. The molecule has 9 nitrogen and oxygen atoms in total. The van der Waals surface area contributed by atoms with Gasteiger partial charge in [-0.3, -0.25) is 9.59 Å². The summed E-state index contributed by atoms with van der Waals surface area (Å²) in [6, 6.07) is 3.10. The van der Waals surface area contributed by atoms with E-state index >= 15 is 0 Å². The molecule has 0 aromatic carbocycles. The van der Waals surface area contributed by atoms with Gasteiger partial charge in [0.25, 0.3) is 0 Å². The lowest BCUT2D eigenvalue weighted by molar-refractivity contribution is -0.132. The van der Waals surface area contributed by atoms with Crippen molar-refractivity contribution in [3.05, 3.63) is 30.7 Å². The molecule has 176 valence electrons. The minimum absolute atomic E-state index is 0.143. The van der Waals surface area contributed by atoms with Gasteiger partial charge in [-0.1, -0.05) is 32.5 Å². The smallest absolute Gasteiger partial charge is 0.391 e. The zero-order chi connectivity index (χ0) is 23.6. The SMILES string of the molecule is CC(Sc1ncc[nH]1)C1CCN(C(=O)Oc2ccc(N3C(=O)CC(C)(C)CC3=O)cn2)CC1. The van der Waals surface area contributed by atoms with Crippen LogP contribution < -0.4 is 9.64 Å². The first-order valence-electron chi connectivity index (χ1n) is 11.2. The van der Waals surface area contributed by atoms with E-state index < -0.39 is 6.09 Å². The lowest BCUT2D eigenvalue weighted by Crippen LogP contribution is -2.46. The van der Waals surface area contributed by atoms with E-state index in [2.05, 4.69) is 21.9 Å². The number of pyridine rings is 1. The topological polar surface area (TPSA) is 108 Å². The monoisotopic (exact) mass is 471 g/mol. The number of likely N-dealkylation sites (tertiary alicyclic amines) is 1. The molecule has 2 aliphatic rings. The fourth-order valence-corrected chi connectivity index (χ4v) is 5.40. The van der Waals surface area contributed by atoms with Crippen molar-refractivity contribution in [2.45, 2.75) is 56.9 Å². The van der Waals surface area contributed by atoms with Crippen LogP contribution in [0.2, 0.25) is 0 Å². The van der Waals surface area contributed by atoms with Crippen molar-refractivity contribution in [3.63, 3.8) is 0 Å². The van der Waals surface area contributed by atoms with E-state index in [4.69, 9.17) is 4.74 Å². The van der Waals surface area contributed by atoms with Crippen LogP contribution in [-0.2, 0) is 9.59 Å². The van der Waals surface area contributed by atoms with E-state index in [0.717, 1.165) is 22.9 Å². The molecule has 0 aliphatic carbocycles. The first-order chi connectivity index (χ1) is 15.7. The molecular weight excluding hydrogens is 442 g/mol. The third-order valence-corrected chi connectivity index (χ3v) is 7.36. The molecule has 2 aliphatic heterocycles. The van der Waals surface area contributed by atoms with Crippen LogP contribution in [0.5, 0.6) is 5.88 Å². The van der Waals surface area contributed by atoms with Gasteiger partial charge in [-0.05, 0) is 30.2 Å². The number of piperidine rings is 2.